The zero-order valence-electron chi connectivity index (χ0n) is 8.38. The van der Waals surface area contributed by atoms with Crippen molar-refractivity contribution in [3.05, 3.63) is 41.6 Å². The smallest absolute Gasteiger partial charge is 0.0910 e. The average Bonchev–Trinajstić information content (AvgIpc) is 2.89. The van der Waals surface area contributed by atoms with E-state index in [0.29, 0.717) is 0 Å². The Morgan fingerprint density at radius 2 is 1.69 bits per heavy atom. The first-order valence-electron chi connectivity index (χ1n) is 4.95. The number of hydrogen-bond acceptors (Lipinski definition) is 0. The van der Waals surface area contributed by atoms with Crippen LogP contribution in [0.4, 0.5) is 0 Å². The van der Waals surface area contributed by atoms with Crippen molar-refractivity contribution in [2.45, 2.75) is 25.9 Å². The molecule has 1 aromatic rings. The van der Waals surface area contributed by atoms with Gasteiger partial charge in [-0.25, -0.2) is 0 Å². The largest absolute Gasteiger partial charge is 0.104 e. The van der Waals surface area contributed by atoms with Gasteiger partial charge in [0.1, 0.15) is 8.07 Å². The van der Waals surface area contributed by atoms with Gasteiger partial charge in [0.2, 0.25) is 0 Å². The van der Waals surface area contributed by atoms with Crippen LogP contribution in [0.25, 0.3) is 0 Å². The summed E-state index contributed by atoms with van der Waals surface area (Å²) in [4.78, 5) is 0. The molecule has 1 aliphatic carbocycles. The van der Waals surface area contributed by atoms with Crippen LogP contribution in [0, 0.1) is 0 Å². The van der Waals surface area contributed by atoms with Crippen molar-refractivity contribution in [2.75, 3.05) is 0 Å². The molecule has 1 aromatic carbocycles. The van der Waals surface area contributed by atoms with Crippen LogP contribution in [0.1, 0.15) is 12.8 Å². The van der Waals surface area contributed by atoms with E-state index in [9.17, 15) is 0 Å². The lowest BCUT2D eigenvalue weighted by molar-refractivity contribution is 1.50. The molecule has 0 heterocycles. The van der Waals surface area contributed by atoms with Crippen LogP contribution in [0.2, 0.25) is 13.1 Å². The van der Waals surface area contributed by atoms with E-state index in [1.54, 1.807) is 10.8 Å². The SMILES string of the molecule is C[Si](C)(C=C1CC1)c1ccccc1. The Hall–Kier alpha value is -0.823. The quantitative estimate of drug-likeness (QED) is 0.626. The number of benzene rings is 1. The molecule has 0 aromatic heterocycles. The van der Waals surface area contributed by atoms with Crippen molar-refractivity contribution in [3.63, 3.8) is 0 Å². The van der Waals surface area contributed by atoms with E-state index in [1.807, 2.05) is 0 Å². The summed E-state index contributed by atoms with van der Waals surface area (Å²) in [7, 11) is -1.24. The van der Waals surface area contributed by atoms with Crippen LogP contribution in [0.3, 0.4) is 0 Å². The van der Waals surface area contributed by atoms with Gasteiger partial charge in [-0.05, 0) is 12.8 Å². The monoisotopic (exact) mass is 188 g/mol. The third kappa shape index (κ3) is 2.10. The van der Waals surface area contributed by atoms with Gasteiger partial charge in [-0.2, -0.15) is 0 Å². The summed E-state index contributed by atoms with van der Waals surface area (Å²) in [6, 6.07) is 10.9. The summed E-state index contributed by atoms with van der Waals surface area (Å²) in [5, 5.41) is 1.55. The second kappa shape index (κ2) is 3.15. The summed E-state index contributed by atoms with van der Waals surface area (Å²) in [5.74, 6) is 0. The van der Waals surface area contributed by atoms with Gasteiger partial charge in [0.25, 0.3) is 0 Å². The normalized spacial score (nSPS) is 15.7. The Labute approximate surface area is 81.3 Å². The number of allylic oxidation sites excluding steroid dienone is 1. The highest BCUT2D eigenvalue weighted by Crippen LogP contribution is 2.29. The predicted molar refractivity (Wildman–Crippen MR) is 60.9 cm³/mol. The van der Waals surface area contributed by atoms with E-state index in [4.69, 9.17) is 0 Å². The number of hydrogen-bond donors (Lipinski definition) is 0. The Morgan fingerprint density at radius 1 is 1.08 bits per heavy atom. The highest BCUT2D eigenvalue weighted by molar-refractivity contribution is 6.94. The Balaban J connectivity index is 2.28. The molecule has 0 nitrogen and oxygen atoms in total. The molecule has 1 heteroatoms. The fourth-order valence-electron chi connectivity index (χ4n) is 1.68. The molecule has 0 radical (unpaired) electrons. The van der Waals surface area contributed by atoms with Crippen molar-refractivity contribution < 1.29 is 0 Å². The second-order valence-corrected chi connectivity index (χ2v) is 8.70. The first kappa shape index (κ1) is 8.76. The minimum Gasteiger partial charge on any atom is -0.0910 e. The van der Waals surface area contributed by atoms with Crippen LogP contribution < -0.4 is 5.19 Å². The zero-order valence-corrected chi connectivity index (χ0v) is 9.38. The standard InChI is InChI=1S/C12H16Si/c1-13(2,10-11-8-9-11)12-6-4-3-5-7-12/h3-7,10H,8-9H2,1-2H3. The van der Waals surface area contributed by atoms with Crippen molar-refractivity contribution >= 4 is 13.3 Å². The molecular weight excluding hydrogens is 172 g/mol. The topological polar surface area (TPSA) is 0 Å². The first-order valence-corrected chi connectivity index (χ1v) is 8.02. The van der Waals surface area contributed by atoms with Crippen molar-refractivity contribution in [3.8, 4) is 0 Å². The molecule has 0 aliphatic heterocycles. The Kier molecular flexibility index (Phi) is 2.12. The lowest BCUT2D eigenvalue weighted by Gasteiger charge is -2.17. The van der Waals surface area contributed by atoms with E-state index in [2.05, 4.69) is 49.1 Å². The zero-order chi connectivity index (χ0) is 9.31. The third-order valence-electron chi connectivity index (χ3n) is 2.62. The molecule has 68 valence electrons. The molecule has 0 N–H and O–H groups in total. The highest BCUT2D eigenvalue weighted by Gasteiger charge is 2.23. The fourth-order valence-corrected chi connectivity index (χ4v) is 4.21. The van der Waals surface area contributed by atoms with Crippen LogP contribution in [0.15, 0.2) is 41.6 Å². The summed E-state index contributed by atoms with van der Waals surface area (Å²) in [6.07, 6.45) is 2.70. The lowest BCUT2D eigenvalue weighted by Crippen LogP contribution is -2.39. The van der Waals surface area contributed by atoms with Crippen molar-refractivity contribution in [1.29, 1.82) is 0 Å². The van der Waals surface area contributed by atoms with Crippen molar-refractivity contribution in [1.82, 2.24) is 0 Å². The number of rotatable bonds is 2. The lowest BCUT2D eigenvalue weighted by atomic mass is 10.4. The minimum absolute atomic E-state index is 1.24. The summed E-state index contributed by atoms with van der Waals surface area (Å²) in [5.41, 5.74) is 4.24. The molecular formula is C12H16Si. The van der Waals surface area contributed by atoms with E-state index in [-0.39, 0.29) is 0 Å². The summed E-state index contributed by atoms with van der Waals surface area (Å²) in [6.45, 7) is 4.85. The molecule has 1 aliphatic rings. The molecule has 1 saturated carbocycles. The minimum atomic E-state index is -1.24. The molecule has 0 atom stereocenters. The maximum atomic E-state index is 2.56. The maximum Gasteiger partial charge on any atom is 0.104 e. The van der Waals surface area contributed by atoms with E-state index in [0.717, 1.165) is 0 Å². The van der Waals surface area contributed by atoms with Crippen LogP contribution in [-0.4, -0.2) is 8.07 Å². The molecule has 1 fully saturated rings. The molecule has 0 unspecified atom stereocenters. The third-order valence-corrected chi connectivity index (χ3v) is 5.57. The van der Waals surface area contributed by atoms with Gasteiger partial charge in [0.05, 0.1) is 0 Å². The van der Waals surface area contributed by atoms with Gasteiger partial charge < -0.3 is 0 Å². The van der Waals surface area contributed by atoms with Crippen LogP contribution >= 0.6 is 0 Å². The van der Waals surface area contributed by atoms with E-state index >= 15 is 0 Å². The van der Waals surface area contributed by atoms with E-state index in [1.165, 1.54) is 12.8 Å². The predicted octanol–water partition coefficient (Wildman–Crippen LogP) is 2.86. The van der Waals surface area contributed by atoms with Gasteiger partial charge in [0.15, 0.2) is 0 Å². The molecule has 13 heavy (non-hydrogen) atoms. The maximum absolute atomic E-state index is 2.56. The van der Waals surface area contributed by atoms with Gasteiger partial charge in [-0.1, -0.05) is 59.9 Å². The Bertz CT molecular complexity index is 316. The second-order valence-electron chi connectivity index (χ2n) is 4.39. The summed E-state index contributed by atoms with van der Waals surface area (Å²) >= 11 is 0. The van der Waals surface area contributed by atoms with Crippen LogP contribution in [-0.2, 0) is 0 Å². The average molecular weight is 188 g/mol. The molecule has 0 amide bonds. The molecule has 2 rings (SSSR count). The molecule has 0 spiro atoms. The van der Waals surface area contributed by atoms with Gasteiger partial charge in [-0.3, -0.25) is 0 Å². The van der Waals surface area contributed by atoms with Crippen molar-refractivity contribution in [2.24, 2.45) is 0 Å². The van der Waals surface area contributed by atoms with Gasteiger partial charge in [0, 0.05) is 0 Å². The van der Waals surface area contributed by atoms with E-state index < -0.39 is 8.07 Å². The first-order chi connectivity index (χ1) is 6.18. The summed E-state index contributed by atoms with van der Waals surface area (Å²) < 4.78 is 0. The molecule has 0 bridgehead atoms. The highest BCUT2D eigenvalue weighted by atomic mass is 28.3. The van der Waals surface area contributed by atoms with Gasteiger partial charge >= 0.3 is 0 Å². The molecule has 0 saturated heterocycles. The van der Waals surface area contributed by atoms with Crippen LogP contribution in [0.5, 0.6) is 0 Å². The van der Waals surface area contributed by atoms with Gasteiger partial charge in [-0.15, -0.1) is 0 Å². The fraction of sp³-hybridized carbons (Fsp3) is 0.333. The Morgan fingerprint density at radius 3 is 2.23 bits per heavy atom.